The molecule has 0 aromatic heterocycles. The molecular formula is C25H27FN2O5S. The Bertz CT molecular complexity index is 1250. The summed E-state index contributed by atoms with van der Waals surface area (Å²) in [5.41, 5.74) is 2.02. The lowest BCUT2D eigenvalue weighted by molar-refractivity contribution is -0.120. The summed E-state index contributed by atoms with van der Waals surface area (Å²) in [4.78, 5) is 12.8. The van der Waals surface area contributed by atoms with E-state index in [4.69, 9.17) is 9.47 Å². The van der Waals surface area contributed by atoms with Gasteiger partial charge in [-0.1, -0.05) is 23.8 Å². The van der Waals surface area contributed by atoms with Gasteiger partial charge in [0.05, 0.1) is 30.8 Å². The van der Waals surface area contributed by atoms with Gasteiger partial charge in [0.2, 0.25) is 5.91 Å². The number of aryl methyl sites for hydroxylation is 1. The van der Waals surface area contributed by atoms with Gasteiger partial charge in [-0.15, -0.1) is 0 Å². The second-order valence-corrected chi connectivity index (χ2v) is 9.57. The molecule has 3 rings (SSSR count). The van der Waals surface area contributed by atoms with Gasteiger partial charge in [0.15, 0.2) is 11.5 Å². The fourth-order valence-electron chi connectivity index (χ4n) is 3.38. The van der Waals surface area contributed by atoms with E-state index in [1.807, 2.05) is 6.92 Å². The van der Waals surface area contributed by atoms with Crippen LogP contribution in [0.1, 0.15) is 24.1 Å². The lowest BCUT2D eigenvalue weighted by atomic mass is 10.1. The predicted octanol–water partition coefficient (Wildman–Crippen LogP) is 4.22. The average molecular weight is 487 g/mol. The maximum absolute atomic E-state index is 13.4. The second-order valence-electron chi connectivity index (χ2n) is 7.70. The molecule has 0 bridgehead atoms. The highest BCUT2D eigenvalue weighted by Crippen LogP contribution is 2.30. The highest BCUT2D eigenvalue weighted by molar-refractivity contribution is 7.92. The van der Waals surface area contributed by atoms with Crippen molar-refractivity contribution >= 4 is 21.6 Å². The molecule has 0 aliphatic heterocycles. The summed E-state index contributed by atoms with van der Waals surface area (Å²) in [6.45, 7) is 3.20. The molecule has 0 saturated heterocycles. The molecule has 0 heterocycles. The molecule has 34 heavy (non-hydrogen) atoms. The third-order valence-corrected chi connectivity index (χ3v) is 7.08. The highest BCUT2D eigenvalue weighted by atomic mass is 32.2. The molecule has 3 aromatic rings. The predicted molar refractivity (Wildman–Crippen MR) is 128 cm³/mol. The summed E-state index contributed by atoms with van der Waals surface area (Å²) in [7, 11) is -1.08. The molecule has 0 aliphatic carbocycles. The fourth-order valence-corrected chi connectivity index (χ4v) is 4.80. The van der Waals surface area contributed by atoms with Gasteiger partial charge < -0.3 is 14.8 Å². The van der Waals surface area contributed by atoms with Gasteiger partial charge in [-0.25, -0.2) is 12.8 Å². The number of sulfonamides is 1. The summed E-state index contributed by atoms with van der Waals surface area (Å²) in [6, 6.07) is 16.1. The van der Waals surface area contributed by atoms with Gasteiger partial charge in [0.25, 0.3) is 10.0 Å². The number of hydrogen-bond acceptors (Lipinski definition) is 5. The van der Waals surface area contributed by atoms with Crippen LogP contribution in [0.2, 0.25) is 0 Å². The van der Waals surface area contributed by atoms with Crippen LogP contribution in [0.3, 0.4) is 0 Å². The van der Waals surface area contributed by atoms with Crippen LogP contribution in [0.4, 0.5) is 10.1 Å². The van der Waals surface area contributed by atoms with Crippen LogP contribution >= 0.6 is 0 Å². The Hall–Kier alpha value is -3.59. The Balaban J connectivity index is 1.87. The molecule has 1 atom stereocenters. The standard InChI is InChI=1S/C25H27FN2O5S/c1-17-5-10-21(11-6-17)28(34(30,31)22-12-8-20(26)9-13-22)16-25(29)27-18(2)19-7-14-23(32-3)24(15-19)33-4/h5-15,18H,16H2,1-4H3,(H,27,29)/t18-/m1/s1. The molecule has 0 spiro atoms. The third-order valence-electron chi connectivity index (χ3n) is 5.30. The quantitative estimate of drug-likeness (QED) is 0.490. The van der Waals surface area contributed by atoms with Crippen LogP contribution in [-0.4, -0.2) is 35.1 Å². The van der Waals surface area contributed by atoms with Crippen molar-refractivity contribution in [2.75, 3.05) is 25.1 Å². The van der Waals surface area contributed by atoms with Crippen molar-refractivity contribution in [2.45, 2.75) is 24.8 Å². The van der Waals surface area contributed by atoms with Crippen molar-refractivity contribution < 1.29 is 27.1 Å². The van der Waals surface area contributed by atoms with Crippen LogP contribution in [0.5, 0.6) is 11.5 Å². The zero-order valence-electron chi connectivity index (χ0n) is 19.4. The van der Waals surface area contributed by atoms with Crippen molar-refractivity contribution in [3.63, 3.8) is 0 Å². The first-order valence-electron chi connectivity index (χ1n) is 10.5. The maximum Gasteiger partial charge on any atom is 0.264 e. The number of methoxy groups -OCH3 is 2. The van der Waals surface area contributed by atoms with Crippen LogP contribution in [-0.2, 0) is 14.8 Å². The first kappa shape index (κ1) is 25.0. The average Bonchev–Trinajstić information content (AvgIpc) is 2.82. The van der Waals surface area contributed by atoms with Crippen LogP contribution in [0.25, 0.3) is 0 Å². The smallest absolute Gasteiger partial charge is 0.264 e. The van der Waals surface area contributed by atoms with Gasteiger partial charge in [-0.05, 0) is 67.9 Å². The van der Waals surface area contributed by atoms with Crippen LogP contribution in [0.15, 0.2) is 71.6 Å². The minimum atomic E-state index is -4.13. The number of halogens is 1. The molecule has 1 N–H and O–H groups in total. The normalized spacial score (nSPS) is 12.0. The zero-order valence-corrected chi connectivity index (χ0v) is 20.2. The number of nitrogens with one attached hydrogen (secondary N) is 1. The molecular weight excluding hydrogens is 459 g/mol. The van der Waals surface area contributed by atoms with Gasteiger partial charge in [0, 0.05) is 0 Å². The monoisotopic (exact) mass is 486 g/mol. The van der Waals surface area contributed by atoms with Crippen molar-refractivity contribution in [3.8, 4) is 11.5 Å². The van der Waals surface area contributed by atoms with Crippen LogP contribution < -0.4 is 19.1 Å². The van der Waals surface area contributed by atoms with E-state index in [0.717, 1.165) is 27.6 Å². The van der Waals surface area contributed by atoms with E-state index in [1.165, 1.54) is 26.4 Å². The van der Waals surface area contributed by atoms with Crippen molar-refractivity contribution in [3.05, 3.63) is 83.7 Å². The molecule has 0 saturated carbocycles. The first-order chi connectivity index (χ1) is 16.1. The molecule has 0 unspecified atom stereocenters. The topological polar surface area (TPSA) is 84.9 Å². The fraction of sp³-hybridized carbons (Fsp3) is 0.240. The molecule has 0 aliphatic rings. The van der Waals surface area contributed by atoms with Gasteiger partial charge in [0.1, 0.15) is 12.4 Å². The highest BCUT2D eigenvalue weighted by Gasteiger charge is 2.28. The Morgan fingerprint density at radius 3 is 2.18 bits per heavy atom. The number of ether oxygens (including phenoxy) is 2. The Kier molecular flexibility index (Phi) is 7.78. The van der Waals surface area contributed by atoms with Gasteiger partial charge in [-0.2, -0.15) is 0 Å². The molecule has 180 valence electrons. The number of hydrogen-bond donors (Lipinski definition) is 1. The molecule has 9 heteroatoms. The minimum absolute atomic E-state index is 0.116. The summed E-state index contributed by atoms with van der Waals surface area (Å²) in [5.74, 6) is 0.0119. The summed E-state index contributed by atoms with van der Waals surface area (Å²) in [5, 5.41) is 2.83. The largest absolute Gasteiger partial charge is 0.493 e. The van der Waals surface area contributed by atoms with Crippen LogP contribution in [0, 0.1) is 12.7 Å². The summed E-state index contributed by atoms with van der Waals surface area (Å²) < 4.78 is 51.7. The van der Waals surface area contributed by atoms with E-state index in [0.29, 0.717) is 17.2 Å². The van der Waals surface area contributed by atoms with Crippen molar-refractivity contribution in [2.24, 2.45) is 0 Å². The molecule has 0 fully saturated rings. The lowest BCUT2D eigenvalue weighted by Gasteiger charge is -2.25. The SMILES string of the molecule is COc1ccc([C@@H](C)NC(=O)CN(c2ccc(C)cc2)S(=O)(=O)c2ccc(F)cc2)cc1OC. The first-order valence-corrected chi connectivity index (χ1v) is 12.0. The molecule has 7 nitrogen and oxygen atoms in total. The van der Waals surface area contributed by atoms with Crippen molar-refractivity contribution in [1.82, 2.24) is 5.32 Å². The Labute approximate surface area is 199 Å². The van der Waals surface area contributed by atoms with Gasteiger partial charge >= 0.3 is 0 Å². The number of anilines is 1. The zero-order chi connectivity index (χ0) is 24.9. The van der Waals surface area contributed by atoms with E-state index in [-0.39, 0.29) is 4.90 Å². The minimum Gasteiger partial charge on any atom is -0.493 e. The summed E-state index contributed by atoms with van der Waals surface area (Å²) in [6.07, 6.45) is 0. The number of rotatable bonds is 9. The third kappa shape index (κ3) is 5.66. The van der Waals surface area contributed by atoms with E-state index in [9.17, 15) is 17.6 Å². The van der Waals surface area contributed by atoms with E-state index in [1.54, 1.807) is 49.4 Å². The number of amides is 1. The van der Waals surface area contributed by atoms with E-state index >= 15 is 0 Å². The molecule has 3 aromatic carbocycles. The number of carbonyl (C=O) groups is 1. The summed E-state index contributed by atoms with van der Waals surface area (Å²) >= 11 is 0. The number of nitrogens with zero attached hydrogens (tertiary/aromatic N) is 1. The maximum atomic E-state index is 13.4. The van der Waals surface area contributed by atoms with Gasteiger partial charge in [-0.3, -0.25) is 9.10 Å². The number of carbonyl (C=O) groups excluding carboxylic acids is 1. The van der Waals surface area contributed by atoms with Crippen molar-refractivity contribution in [1.29, 1.82) is 0 Å². The number of benzene rings is 3. The van der Waals surface area contributed by atoms with E-state index in [2.05, 4.69) is 5.32 Å². The van der Waals surface area contributed by atoms with E-state index < -0.39 is 34.3 Å². The Morgan fingerprint density at radius 2 is 1.59 bits per heavy atom. The second kappa shape index (κ2) is 10.6. The molecule has 1 amide bonds. The Morgan fingerprint density at radius 1 is 0.971 bits per heavy atom. The lowest BCUT2D eigenvalue weighted by Crippen LogP contribution is -2.41. The molecule has 0 radical (unpaired) electrons.